The number of hydrogen-bond acceptors (Lipinski definition) is 3. The third-order valence-electron chi connectivity index (χ3n) is 11.4. The topological polar surface area (TPSA) is 9.23 Å². The molecule has 0 saturated carbocycles. The molecule has 3 heteroatoms. The molecule has 0 aromatic heterocycles. The van der Waals surface area contributed by atoms with Crippen molar-refractivity contribution in [1.82, 2.24) is 0 Å². The smallest absolute Gasteiger partial charge is 0.126 e. The highest BCUT2D eigenvalue weighted by atomic mass is 32.2. The van der Waals surface area contributed by atoms with Crippen LogP contribution in [0, 0.1) is 26.2 Å². The average molecular weight is 741 g/mol. The van der Waals surface area contributed by atoms with Gasteiger partial charge in [-0.1, -0.05) is 102 Å². The van der Waals surface area contributed by atoms with Crippen LogP contribution in [-0.4, -0.2) is 16.6 Å². The summed E-state index contributed by atoms with van der Waals surface area (Å²) in [5.74, 6) is 1.93. The minimum absolute atomic E-state index is 0.122. The van der Waals surface area contributed by atoms with Gasteiger partial charge in [0.05, 0.1) is 0 Å². The summed E-state index contributed by atoms with van der Waals surface area (Å²) in [4.78, 5) is 1.47. The Morgan fingerprint density at radius 2 is 1.44 bits per heavy atom. The molecule has 2 atom stereocenters. The molecular formula is C49H72OS2. The van der Waals surface area contributed by atoms with Crippen LogP contribution in [0.4, 0.5) is 0 Å². The van der Waals surface area contributed by atoms with Crippen LogP contribution < -0.4 is 4.74 Å². The molecule has 286 valence electrons. The predicted octanol–water partition coefficient (Wildman–Crippen LogP) is 15.4. The lowest BCUT2D eigenvalue weighted by atomic mass is 9.72. The van der Waals surface area contributed by atoms with Gasteiger partial charge in [0.25, 0.3) is 0 Å². The molecule has 0 radical (unpaired) electrons. The van der Waals surface area contributed by atoms with E-state index in [2.05, 4.69) is 169 Å². The van der Waals surface area contributed by atoms with E-state index in [1.807, 2.05) is 0 Å². The largest absolute Gasteiger partial charge is 0.487 e. The average Bonchev–Trinajstić information content (AvgIpc) is 3.06. The maximum Gasteiger partial charge on any atom is 0.126 e. The van der Waals surface area contributed by atoms with Gasteiger partial charge in [-0.2, -0.15) is 12.6 Å². The zero-order valence-corrected chi connectivity index (χ0v) is 37.0. The van der Waals surface area contributed by atoms with Gasteiger partial charge >= 0.3 is 0 Å². The van der Waals surface area contributed by atoms with Crippen LogP contribution in [0.5, 0.6) is 5.75 Å². The van der Waals surface area contributed by atoms with Crippen molar-refractivity contribution in [2.24, 2.45) is 5.41 Å². The lowest BCUT2D eigenvalue weighted by Gasteiger charge is -2.39. The molecule has 1 heterocycles. The SMILES string of the molecule is CC(C)=CCC/C(C)=C/CC/C(C)=C/CCC1(C)CCc2c(C)c(SC3CCC(C)(C)C(/C=C/C(C)=C/C=C/C(C)=C/CS)=C3C)c(C)c(C)c2O1. The van der Waals surface area contributed by atoms with Gasteiger partial charge in [0.1, 0.15) is 11.4 Å². The summed E-state index contributed by atoms with van der Waals surface area (Å²) in [5, 5.41) is 0.479. The van der Waals surface area contributed by atoms with E-state index in [1.165, 1.54) is 85.4 Å². The molecule has 0 saturated heterocycles. The maximum absolute atomic E-state index is 6.99. The lowest BCUT2D eigenvalue weighted by molar-refractivity contribution is 0.0558. The molecule has 1 aromatic carbocycles. The summed E-state index contributed by atoms with van der Waals surface area (Å²) in [6.07, 6.45) is 31.9. The molecule has 0 fully saturated rings. The van der Waals surface area contributed by atoms with Crippen LogP contribution in [0.2, 0.25) is 0 Å². The summed E-state index contributed by atoms with van der Waals surface area (Å²) >= 11 is 6.41. The van der Waals surface area contributed by atoms with Gasteiger partial charge in [0.15, 0.2) is 0 Å². The molecule has 1 nitrogen and oxygen atoms in total. The Hall–Kier alpha value is -2.36. The second-order valence-electron chi connectivity index (χ2n) is 16.9. The number of fused-ring (bicyclic) bond motifs is 1. The number of thiol groups is 1. The Morgan fingerprint density at radius 1 is 0.788 bits per heavy atom. The predicted molar refractivity (Wildman–Crippen MR) is 238 cm³/mol. The fraction of sp³-hybridized carbons (Fsp3) is 0.551. The molecule has 1 aromatic rings. The standard InChI is InChI=1S/C49H72OS2/c1-34(2)18-14-19-35(3)20-15-21-36(4)24-17-30-49(13)32-27-43-41(9)47(40(8)39(7)46(43)50-49)52-45-28-31-48(11,12)44(42(45)10)26-25-37(5)22-16-23-38(6)29-33-51/h16,18,20,22-26,29,45,51H,14-15,17,19,21,27-28,30-33H2,1-13H3/b23-16+,26-25+,35-20+,36-24+,37-22+,38-29+. The normalized spacial score (nSPS) is 21.6. The van der Waals surface area contributed by atoms with Crippen LogP contribution >= 0.6 is 24.4 Å². The molecule has 2 unspecified atom stereocenters. The van der Waals surface area contributed by atoms with E-state index in [1.54, 1.807) is 0 Å². The Kier molecular flexibility index (Phi) is 17.2. The third-order valence-corrected chi connectivity index (χ3v) is 13.3. The minimum Gasteiger partial charge on any atom is -0.487 e. The molecule has 52 heavy (non-hydrogen) atoms. The van der Waals surface area contributed by atoms with Crippen LogP contribution in [0.1, 0.15) is 149 Å². The first kappa shape index (κ1) is 44.0. The Morgan fingerprint density at radius 3 is 2.10 bits per heavy atom. The summed E-state index contributed by atoms with van der Waals surface area (Å²) in [7, 11) is 0. The number of benzene rings is 1. The summed E-state index contributed by atoms with van der Waals surface area (Å²) in [6, 6.07) is 0. The maximum atomic E-state index is 6.99. The van der Waals surface area contributed by atoms with Gasteiger partial charge in [0.2, 0.25) is 0 Å². The van der Waals surface area contributed by atoms with E-state index < -0.39 is 0 Å². The molecule has 0 bridgehead atoms. The zero-order chi connectivity index (χ0) is 38.6. The fourth-order valence-electron chi connectivity index (χ4n) is 7.63. The van der Waals surface area contributed by atoms with Crippen LogP contribution in [-0.2, 0) is 6.42 Å². The van der Waals surface area contributed by atoms with Crippen molar-refractivity contribution in [3.05, 3.63) is 116 Å². The van der Waals surface area contributed by atoms with Crippen molar-refractivity contribution < 1.29 is 4.74 Å². The minimum atomic E-state index is -0.122. The molecule has 0 spiro atoms. The van der Waals surface area contributed by atoms with Crippen molar-refractivity contribution in [2.45, 2.75) is 170 Å². The van der Waals surface area contributed by atoms with E-state index >= 15 is 0 Å². The number of rotatable bonds is 16. The quantitative estimate of drug-likeness (QED) is 0.103. The zero-order valence-electron chi connectivity index (χ0n) is 35.3. The van der Waals surface area contributed by atoms with Gasteiger partial charge < -0.3 is 4.74 Å². The first-order chi connectivity index (χ1) is 24.5. The first-order valence-electron chi connectivity index (χ1n) is 19.9. The van der Waals surface area contributed by atoms with Gasteiger partial charge in [0, 0.05) is 15.9 Å². The van der Waals surface area contributed by atoms with Crippen molar-refractivity contribution in [3.63, 3.8) is 0 Å². The van der Waals surface area contributed by atoms with Crippen LogP contribution in [0.3, 0.4) is 0 Å². The van der Waals surface area contributed by atoms with Gasteiger partial charge in [-0.25, -0.2) is 0 Å². The molecular weight excluding hydrogens is 669 g/mol. The molecule has 0 amide bonds. The van der Waals surface area contributed by atoms with Crippen molar-refractivity contribution in [2.75, 3.05) is 5.75 Å². The number of allylic oxidation sites excluding steroid dienone is 14. The number of thioether (sulfide) groups is 1. The van der Waals surface area contributed by atoms with Gasteiger partial charge in [-0.15, -0.1) is 11.8 Å². The van der Waals surface area contributed by atoms with E-state index in [4.69, 9.17) is 4.74 Å². The van der Waals surface area contributed by atoms with Gasteiger partial charge in [-0.3, -0.25) is 0 Å². The lowest BCUT2D eigenvalue weighted by Crippen LogP contribution is -2.37. The summed E-state index contributed by atoms with van der Waals surface area (Å²) < 4.78 is 6.99. The molecule has 2 aliphatic rings. The number of ether oxygens (including phenoxy) is 1. The molecule has 1 aliphatic heterocycles. The Labute approximate surface area is 330 Å². The molecule has 1 aliphatic carbocycles. The highest BCUT2D eigenvalue weighted by Crippen LogP contribution is 2.50. The van der Waals surface area contributed by atoms with Crippen molar-refractivity contribution in [1.29, 1.82) is 0 Å². The van der Waals surface area contributed by atoms with E-state index in [-0.39, 0.29) is 11.0 Å². The van der Waals surface area contributed by atoms with Gasteiger partial charge in [-0.05, 0) is 174 Å². The summed E-state index contributed by atoms with van der Waals surface area (Å²) in [6.45, 7) is 29.8. The van der Waals surface area contributed by atoms with Crippen LogP contribution in [0.25, 0.3) is 0 Å². The third kappa shape index (κ3) is 12.9. The highest BCUT2D eigenvalue weighted by molar-refractivity contribution is 8.00. The second kappa shape index (κ2) is 20.4. The van der Waals surface area contributed by atoms with Crippen LogP contribution in [0.15, 0.2) is 98.6 Å². The van der Waals surface area contributed by atoms with Crippen molar-refractivity contribution >= 4 is 24.4 Å². The van der Waals surface area contributed by atoms with E-state index in [0.717, 1.165) is 56.4 Å². The van der Waals surface area contributed by atoms with E-state index in [0.29, 0.717) is 5.25 Å². The Balaban J connectivity index is 1.71. The van der Waals surface area contributed by atoms with E-state index in [9.17, 15) is 0 Å². The number of hydrogen-bond donors (Lipinski definition) is 1. The second-order valence-corrected chi connectivity index (χ2v) is 18.5. The first-order valence-corrected chi connectivity index (χ1v) is 21.4. The molecule has 3 rings (SSSR count). The monoisotopic (exact) mass is 741 g/mol. The highest BCUT2D eigenvalue weighted by Gasteiger charge is 2.36. The summed E-state index contributed by atoms with van der Waals surface area (Å²) in [5.41, 5.74) is 15.6. The Bertz CT molecular complexity index is 1650. The molecule has 0 N–H and O–H groups in total. The van der Waals surface area contributed by atoms with Crippen molar-refractivity contribution in [3.8, 4) is 5.75 Å². The fourth-order valence-corrected chi connectivity index (χ4v) is 9.37.